The van der Waals surface area contributed by atoms with Gasteiger partial charge in [0.25, 0.3) is 0 Å². The summed E-state index contributed by atoms with van der Waals surface area (Å²) in [4.78, 5) is 20.3. The van der Waals surface area contributed by atoms with Crippen molar-refractivity contribution in [1.29, 1.82) is 0 Å². The fourth-order valence-electron chi connectivity index (χ4n) is 1.90. The number of hydrogen-bond donors (Lipinski definition) is 1. The van der Waals surface area contributed by atoms with Crippen molar-refractivity contribution in [3.63, 3.8) is 0 Å². The van der Waals surface area contributed by atoms with E-state index in [2.05, 4.69) is 15.3 Å². The van der Waals surface area contributed by atoms with Crippen molar-refractivity contribution in [3.05, 3.63) is 41.2 Å². The number of carbonyl (C=O) groups excluding carboxylic acids is 1. The lowest BCUT2D eigenvalue weighted by molar-refractivity contribution is -0.116. The van der Waals surface area contributed by atoms with Gasteiger partial charge in [-0.05, 0) is 30.9 Å². The van der Waals surface area contributed by atoms with Crippen LogP contribution in [0, 0.1) is 0 Å². The minimum atomic E-state index is 0.0144. The number of nitrogens with one attached hydrogen (secondary N) is 1. The maximum absolute atomic E-state index is 11.8. The number of amides is 1. The molecule has 1 amide bonds. The highest BCUT2D eigenvalue weighted by Crippen LogP contribution is 2.40. The number of aryl methyl sites for hydroxylation is 1. The number of hydrogen-bond acceptors (Lipinski definition) is 4. The molecule has 0 unspecified atom stereocenters. The Kier molecular flexibility index (Phi) is 3.55. The van der Waals surface area contributed by atoms with Gasteiger partial charge < -0.3 is 5.32 Å². The monoisotopic (exact) mass is 273 g/mol. The second kappa shape index (κ2) is 5.48. The number of anilines is 1. The van der Waals surface area contributed by atoms with Crippen molar-refractivity contribution < 1.29 is 4.79 Å². The van der Waals surface area contributed by atoms with Crippen LogP contribution in [0.1, 0.15) is 36.4 Å². The van der Waals surface area contributed by atoms with Gasteiger partial charge in [-0.2, -0.15) is 0 Å². The molecule has 0 aromatic carbocycles. The van der Waals surface area contributed by atoms with Crippen molar-refractivity contribution in [3.8, 4) is 0 Å². The molecule has 0 aliphatic heterocycles. The van der Waals surface area contributed by atoms with Crippen molar-refractivity contribution >= 4 is 22.4 Å². The molecule has 2 aromatic heterocycles. The maximum Gasteiger partial charge on any atom is 0.226 e. The maximum atomic E-state index is 11.8. The highest BCUT2D eigenvalue weighted by molar-refractivity contribution is 7.13. The zero-order chi connectivity index (χ0) is 13.1. The van der Waals surface area contributed by atoms with Crippen LogP contribution >= 0.6 is 11.3 Å². The SMILES string of the molecule is O=C(CCc1cccnc1)Nc1nc(C2CC2)cs1. The van der Waals surface area contributed by atoms with Crippen LogP contribution in [0.5, 0.6) is 0 Å². The van der Waals surface area contributed by atoms with E-state index in [0.717, 1.165) is 16.4 Å². The molecule has 5 heteroatoms. The first-order chi connectivity index (χ1) is 9.31. The van der Waals surface area contributed by atoms with E-state index in [9.17, 15) is 4.79 Å². The number of aromatic nitrogens is 2. The van der Waals surface area contributed by atoms with Gasteiger partial charge in [0.1, 0.15) is 0 Å². The van der Waals surface area contributed by atoms with E-state index in [1.165, 1.54) is 24.2 Å². The molecule has 1 saturated carbocycles. The topological polar surface area (TPSA) is 54.9 Å². The van der Waals surface area contributed by atoms with Gasteiger partial charge in [0.15, 0.2) is 5.13 Å². The van der Waals surface area contributed by atoms with Crippen LogP contribution in [0.15, 0.2) is 29.9 Å². The Balaban J connectivity index is 1.50. The normalized spacial score (nSPS) is 14.3. The molecule has 98 valence electrons. The van der Waals surface area contributed by atoms with E-state index in [0.29, 0.717) is 18.8 Å². The molecule has 0 saturated heterocycles. The van der Waals surface area contributed by atoms with Crippen LogP contribution in [0.4, 0.5) is 5.13 Å². The molecule has 2 aromatic rings. The number of nitrogens with zero attached hydrogens (tertiary/aromatic N) is 2. The summed E-state index contributed by atoms with van der Waals surface area (Å²) in [5, 5.41) is 5.63. The van der Waals surface area contributed by atoms with Gasteiger partial charge in [0, 0.05) is 30.1 Å². The van der Waals surface area contributed by atoms with Crippen molar-refractivity contribution in [2.24, 2.45) is 0 Å². The Hall–Kier alpha value is -1.75. The quantitative estimate of drug-likeness (QED) is 0.911. The lowest BCUT2D eigenvalue weighted by Gasteiger charge is -2.01. The van der Waals surface area contributed by atoms with Gasteiger partial charge in [0.2, 0.25) is 5.91 Å². The number of rotatable bonds is 5. The molecular weight excluding hydrogens is 258 g/mol. The summed E-state index contributed by atoms with van der Waals surface area (Å²) in [5.74, 6) is 0.651. The Morgan fingerprint density at radius 1 is 1.47 bits per heavy atom. The van der Waals surface area contributed by atoms with Crippen molar-refractivity contribution in [2.45, 2.75) is 31.6 Å². The summed E-state index contributed by atoms with van der Waals surface area (Å²) in [6.45, 7) is 0. The Bertz CT molecular complexity index is 563. The highest BCUT2D eigenvalue weighted by Gasteiger charge is 2.26. The van der Waals surface area contributed by atoms with E-state index in [1.807, 2.05) is 17.5 Å². The third kappa shape index (κ3) is 3.38. The van der Waals surface area contributed by atoms with E-state index in [4.69, 9.17) is 0 Å². The fourth-order valence-corrected chi connectivity index (χ4v) is 2.70. The largest absolute Gasteiger partial charge is 0.302 e. The first kappa shape index (κ1) is 12.3. The average molecular weight is 273 g/mol. The smallest absolute Gasteiger partial charge is 0.226 e. The number of pyridine rings is 1. The van der Waals surface area contributed by atoms with Crippen LogP contribution in [-0.4, -0.2) is 15.9 Å². The Morgan fingerprint density at radius 2 is 2.37 bits per heavy atom. The van der Waals surface area contributed by atoms with Gasteiger partial charge in [-0.25, -0.2) is 4.98 Å². The molecule has 0 spiro atoms. The molecule has 0 bridgehead atoms. The zero-order valence-corrected chi connectivity index (χ0v) is 11.3. The molecule has 2 heterocycles. The Labute approximate surface area is 115 Å². The summed E-state index contributed by atoms with van der Waals surface area (Å²) >= 11 is 1.51. The second-order valence-corrected chi connectivity index (χ2v) is 5.62. The molecular formula is C14H15N3OS. The zero-order valence-electron chi connectivity index (χ0n) is 10.5. The summed E-state index contributed by atoms with van der Waals surface area (Å²) in [6, 6.07) is 3.87. The summed E-state index contributed by atoms with van der Waals surface area (Å²) in [7, 11) is 0. The van der Waals surface area contributed by atoms with Gasteiger partial charge >= 0.3 is 0 Å². The predicted octanol–water partition coefficient (Wildman–Crippen LogP) is 2.99. The molecule has 1 fully saturated rings. The second-order valence-electron chi connectivity index (χ2n) is 4.76. The molecule has 1 aliphatic rings. The molecule has 1 N–H and O–H groups in total. The number of carbonyl (C=O) groups is 1. The van der Waals surface area contributed by atoms with Gasteiger partial charge in [-0.1, -0.05) is 6.07 Å². The molecule has 4 nitrogen and oxygen atoms in total. The molecule has 1 aliphatic carbocycles. The van der Waals surface area contributed by atoms with Gasteiger partial charge in [0.05, 0.1) is 5.69 Å². The molecule has 3 rings (SSSR count). The van der Waals surface area contributed by atoms with Crippen molar-refractivity contribution in [1.82, 2.24) is 9.97 Å². The lowest BCUT2D eigenvalue weighted by Crippen LogP contribution is -2.12. The van der Waals surface area contributed by atoms with Crippen LogP contribution in [-0.2, 0) is 11.2 Å². The van der Waals surface area contributed by atoms with Crippen LogP contribution < -0.4 is 5.32 Å². The van der Waals surface area contributed by atoms with Crippen LogP contribution in [0.25, 0.3) is 0 Å². The standard InChI is InChI=1S/C14H15N3OS/c18-13(6-3-10-2-1-7-15-8-10)17-14-16-12(9-19-14)11-4-5-11/h1-2,7-9,11H,3-6H2,(H,16,17,18). The van der Waals surface area contributed by atoms with E-state index >= 15 is 0 Å². The predicted molar refractivity (Wildman–Crippen MR) is 75.3 cm³/mol. The molecule has 0 atom stereocenters. The van der Waals surface area contributed by atoms with Crippen molar-refractivity contribution in [2.75, 3.05) is 5.32 Å². The van der Waals surface area contributed by atoms with Crippen LogP contribution in [0.3, 0.4) is 0 Å². The van der Waals surface area contributed by atoms with Gasteiger partial charge in [-0.3, -0.25) is 9.78 Å². The number of thiazole rings is 1. The highest BCUT2D eigenvalue weighted by atomic mass is 32.1. The average Bonchev–Trinajstić information content (AvgIpc) is 3.19. The molecule has 0 radical (unpaired) electrons. The minimum Gasteiger partial charge on any atom is -0.302 e. The summed E-state index contributed by atoms with van der Waals surface area (Å²) in [6.07, 6.45) is 7.17. The summed E-state index contributed by atoms with van der Waals surface area (Å²) in [5.41, 5.74) is 2.21. The summed E-state index contributed by atoms with van der Waals surface area (Å²) < 4.78 is 0. The van der Waals surface area contributed by atoms with Crippen LogP contribution in [0.2, 0.25) is 0 Å². The molecule has 19 heavy (non-hydrogen) atoms. The third-order valence-electron chi connectivity index (χ3n) is 3.13. The fraction of sp³-hybridized carbons (Fsp3) is 0.357. The lowest BCUT2D eigenvalue weighted by atomic mass is 10.1. The third-order valence-corrected chi connectivity index (χ3v) is 3.90. The van der Waals surface area contributed by atoms with E-state index in [-0.39, 0.29) is 5.91 Å². The van der Waals surface area contributed by atoms with E-state index < -0.39 is 0 Å². The Morgan fingerprint density at radius 3 is 3.11 bits per heavy atom. The van der Waals surface area contributed by atoms with E-state index in [1.54, 1.807) is 12.4 Å². The first-order valence-electron chi connectivity index (χ1n) is 6.45. The first-order valence-corrected chi connectivity index (χ1v) is 7.33. The van der Waals surface area contributed by atoms with Gasteiger partial charge in [-0.15, -0.1) is 11.3 Å². The minimum absolute atomic E-state index is 0.0144.